The summed E-state index contributed by atoms with van der Waals surface area (Å²) in [6, 6.07) is 0. The average molecular weight is 159 g/mol. The average Bonchev–Trinajstić information content (AvgIpc) is 1.97. The fraction of sp³-hybridized carbons (Fsp3) is 0.875. The van der Waals surface area contributed by atoms with Crippen LogP contribution in [0.3, 0.4) is 0 Å². The molecule has 0 aliphatic heterocycles. The Hall–Kier alpha value is -0.570. The lowest BCUT2D eigenvalue weighted by Gasteiger charge is -2.04. The van der Waals surface area contributed by atoms with Crippen molar-refractivity contribution >= 4 is 5.97 Å². The van der Waals surface area contributed by atoms with Crippen LogP contribution in [-0.2, 0) is 4.79 Å². The van der Waals surface area contributed by atoms with E-state index in [-0.39, 0.29) is 5.92 Å². The van der Waals surface area contributed by atoms with Crippen LogP contribution < -0.4 is 5.73 Å². The molecule has 66 valence electrons. The summed E-state index contributed by atoms with van der Waals surface area (Å²) in [5.74, 6) is -0.898. The Balaban J connectivity index is 3.17. The molecule has 0 unspecified atom stereocenters. The first kappa shape index (κ1) is 10.4. The van der Waals surface area contributed by atoms with Gasteiger partial charge in [0.25, 0.3) is 0 Å². The summed E-state index contributed by atoms with van der Waals surface area (Å²) in [4.78, 5) is 10.3. The van der Waals surface area contributed by atoms with Gasteiger partial charge in [0.15, 0.2) is 0 Å². The maximum absolute atomic E-state index is 10.3. The van der Waals surface area contributed by atoms with Gasteiger partial charge in [0.05, 0.1) is 5.92 Å². The topological polar surface area (TPSA) is 63.3 Å². The predicted octanol–water partition coefficient (Wildman–Crippen LogP) is 1.23. The van der Waals surface area contributed by atoms with Gasteiger partial charge in [-0.05, 0) is 19.4 Å². The van der Waals surface area contributed by atoms with E-state index in [1.807, 2.05) is 0 Å². The molecular weight excluding hydrogens is 142 g/mol. The van der Waals surface area contributed by atoms with Crippen LogP contribution in [-0.4, -0.2) is 17.6 Å². The second-order valence-corrected chi connectivity index (χ2v) is 2.88. The monoisotopic (exact) mass is 159 g/mol. The van der Waals surface area contributed by atoms with Gasteiger partial charge in [-0.3, -0.25) is 4.79 Å². The molecule has 0 aliphatic rings. The summed E-state index contributed by atoms with van der Waals surface area (Å²) in [7, 11) is 0. The number of unbranched alkanes of at least 4 members (excludes halogenated alkanes) is 2. The van der Waals surface area contributed by atoms with E-state index in [0.29, 0.717) is 6.54 Å². The summed E-state index contributed by atoms with van der Waals surface area (Å²) in [6.07, 6.45) is 3.81. The molecule has 0 amide bonds. The van der Waals surface area contributed by atoms with E-state index < -0.39 is 5.97 Å². The number of hydrogen-bond acceptors (Lipinski definition) is 2. The summed E-state index contributed by atoms with van der Waals surface area (Å²) in [5.41, 5.74) is 5.29. The Morgan fingerprint density at radius 1 is 1.45 bits per heavy atom. The number of carboxylic acids is 1. The largest absolute Gasteiger partial charge is 0.481 e. The second kappa shape index (κ2) is 6.16. The van der Waals surface area contributed by atoms with Gasteiger partial charge in [-0.15, -0.1) is 0 Å². The standard InChI is InChI=1S/C8H17NO2/c1-7(8(10)11)5-3-2-4-6-9/h7H,2-6,9H2,1H3,(H,10,11)/t7-/m0/s1. The molecule has 3 nitrogen and oxygen atoms in total. The van der Waals surface area contributed by atoms with E-state index >= 15 is 0 Å². The molecule has 0 saturated carbocycles. The third-order valence-corrected chi connectivity index (χ3v) is 1.76. The number of hydrogen-bond donors (Lipinski definition) is 2. The van der Waals surface area contributed by atoms with Gasteiger partial charge in [-0.25, -0.2) is 0 Å². The lowest BCUT2D eigenvalue weighted by Crippen LogP contribution is -2.09. The number of carbonyl (C=O) groups is 1. The summed E-state index contributed by atoms with van der Waals surface area (Å²) in [6.45, 7) is 2.45. The highest BCUT2D eigenvalue weighted by atomic mass is 16.4. The molecule has 1 atom stereocenters. The molecule has 0 saturated heterocycles. The molecule has 11 heavy (non-hydrogen) atoms. The summed E-state index contributed by atoms with van der Waals surface area (Å²) < 4.78 is 0. The summed E-state index contributed by atoms with van der Waals surface area (Å²) in [5, 5.41) is 8.51. The van der Waals surface area contributed by atoms with Crippen molar-refractivity contribution in [3.8, 4) is 0 Å². The molecule has 0 aromatic rings. The number of aliphatic carboxylic acids is 1. The van der Waals surface area contributed by atoms with E-state index in [1.165, 1.54) is 0 Å². The van der Waals surface area contributed by atoms with Crippen molar-refractivity contribution in [1.82, 2.24) is 0 Å². The minimum absolute atomic E-state index is 0.201. The maximum Gasteiger partial charge on any atom is 0.306 e. The molecule has 0 bridgehead atoms. The van der Waals surface area contributed by atoms with Crippen molar-refractivity contribution < 1.29 is 9.90 Å². The molecular formula is C8H17NO2. The van der Waals surface area contributed by atoms with Crippen LogP contribution in [0.25, 0.3) is 0 Å². The van der Waals surface area contributed by atoms with Crippen LogP contribution in [0, 0.1) is 5.92 Å². The highest BCUT2D eigenvalue weighted by molar-refractivity contribution is 5.69. The van der Waals surface area contributed by atoms with Gasteiger partial charge < -0.3 is 10.8 Å². The highest BCUT2D eigenvalue weighted by Gasteiger charge is 2.08. The SMILES string of the molecule is C[C@@H](CCCCCN)C(=O)O. The molecule has 0 radical (unpaired) electrons. The predicted molar refractivity (Wildman–Crippen MR) is 44.3 cm³/mol. The quantitative estimate of drug-likeness (QED) is 0.573. The van der Waals surface area contributed by atoms with Crippen LogP contribution >= 0.6 is 0 Å². The van der Waals surface area contributed by atoms with Crippen molar-refractivity contribution in [3.05, 3.63) is 0 Å². The van der Waals surface area contributed by atoms with Crippen LogP contribution in [0.1, 0.15) is 32.6 Å². The Morgan fingerprint density at radius 3 is 2.55 bits per heavy atom. The molecule has 0 fully saturated rings. The lowest BCUT2D eigenvalue weighted by molar-refractivity contribution is -0.141. The van der Waals surface area contributed by atoms with Crippen molar-refractivity contribution in [2.24, 2.45) is 11.7 Å². The van der Waals surface area contributed by atoms with E-state index in [0.717, 1.165) is 25.7 Å². The van der Waals surface area contributed by atoms with Gasteiger partial charge in [0.2, 0.25) is 0 Å². The maximum atomic E-state index is 10.3. The smallest absolute Gasteiger partial charge is 0.306 e. The van der Waals surface area contributed by atoms with Crippen LogP contribution in [0.2, 0.25) is 0 Å². The van der Waals surface area contributed by atoms with Crippen LogP contribution in [0.5, 0.6) is 0 Å². The molecule has 0 aliphatic carbocycles. The molecule has 0 aromatic carbocycles. The molecule has 3 N–H and O–H groups in total. The van der Waals surface area contributed by atoms with E-state index in [1.54, 1.807) is 6.92 Å². The minimum Gasteiger partial charge on any atom is -0.481 e. The third-order valence-electron chi connectivity index (χ3n) is 1.76. The molecule has 3 heteroatoms. The van der Waals surface area contributed by atoms with Gasteiger partial charge in [0.1, 0.15) is 0 Å². The van der Waals surface area contributed by atoms with Gasteiger partial charge >= 0.3 is 5.97 Å². The van der Waals surface area contributed by atoms with Gasteiger partial charge in [-0.1, -0.05) is 19.8 Å². The van der Waals surface area contributed by atoms with Crippen molar-refractivity contribution in [2.45, 2.75) is 32.6 Å². The highest BCUT2D eigenvalue weighted by Crippen LogP contribution is 2.08. The Labute approximate surface area is 67.6 Å². The molecule has 0 spiro atoms. The molecule has 0 aromatic heterocycles. The van der Waals surface area contributed by atoms with E-state index in [4.69, 9.17) is 10.8 Å². The fourth-order valence-corrected chi connectivity index (χ4v) is 0.895. The van der Waals surface area contributed by atoms with Gasteiger partial charge in [-0.2, -0.15) is 0 Å². The van der Waals surface area contributed by atoms with Gasteiger partial charge in [0, 0.05) is 0 Å². The Bertz CT molecular complexity index is 115. The first-order valence-corrected chi connectivity index (χ1v) is 4.11. The lowest BCUT2D eigenvalue weighted by atomic mass is 10.0. The van der Waals surface area contributed by atoms with Crippen molar-refractivity contribution in [3.63, 3.8) is 0 Å². The third kappa shape index (κ3) is 5.85. The van der Waals surface area contributed by atoms with Crippen molar-refractivity contribution in [2.75, 3.05) is 6.54 Å². The van der Waals surface area contributed by atoms with E-state index in [9.17, 15) is 4.79 Å². The van der Waals surface area contributed by atoms with Crippen LogP contribution in [0.4, 0.5) is 0 Å². The van der Waals surface area contributed by atoms with Crippen molar-refractivity contribution in [1.29, 1.82) is 0 Å². The number of nitrogens with two attached hydrogens (primary N) is 1. The van der Waals surface area contributed by atoms with Crippen LogP contribution in [0.15, 0.2) is 0 Å². The van der Waals surface area contributed by atoms with E-state index in [2.05, 4.69) is 0 Å². The zero-order chi connectivity index (χ0) is 8.69. The zero-order valence-electron chi connectivity index (χ0n) is 7.05. The normalized spacial score (nSPS) is 12.9. The number of rotatable bonds is 6. The second-order valence-electron chi connectivity index (χ2n) is 2.88. The molecule has 0 rings (SSSR count). The summed E-state index contributed by atoms with van der Waals surface area (Å²) >= 11 is 0. The first-order valence-electron chi connectivity index (χ1n) is 4.11. The Kier molecular flexibility index (Phi) is 5.84. The minimum atomic E-state index is -0.697. The fourth-order valence-electron chi connectivity index (χ4n) is 0.895. The first-order chi connectivity index (χ1) is 5.18. The Morgan fingerprint density at radius 2 is 2.09 bits per heavy atom. The molecule has 0 heterocycles. The number of carboxylic acid groups (broad SMARTS) is 1. The zero-order valence-corrected chi connectivity index (χ0v) is 7.05.